The first-order chi connectivity index (χ1) is 12.0. The molecule has 0 unspecified atom stereocenters. The van der Waals surface area contributed by atoms with E-state index in [0.29, 0.717) is 22.8 Å². The fourth-order valence-corrected chi connectivity index (χ4v) is 2.45. The van der Waals surface area contributed by atoms with Crippen LogP contribution in [0, 0.1) is 6.92 Å². The second-order valence-corrected chi connectivity index (χ2v) is 5.37. The number of rotatable bonds is 6. The highest BCUT2D eigenvalue weighted by molar-refractivity contribution is 6.02. The third-order valence-corrected chi connectivity index (χ3v) is 3.79. The Morgan fingerprint density at radius 1 is 1.00 bits per heavy atom. The molecule has 0 bridgehead atoms. The predicted octanol–water partition coefficient (Wildman–Crippen LogP) is 3.17. The standard InChI is InChI=1S/C19H22N2O4/c1-12-8-6-7-9-15(12)13(2)20-21-19(22)14-10-16(23-3)18(25-5)17(11-14)24-4/h6-11H,1-5H3,(H,21,22)/b20-13-. The summed E-state index contributed by atoms with van der Waals surface area (Å²) in [7, 11) is 4.51. The van der Waals surface area contributed by atoms with Gasteiger partial charge in [0.1, 0.15) is 0 Å². The summed E-state index contributed by atoms with van der Waals surface area (Å²) in [6, 6.07) is 11.0. The summed E-state index contributed by atoms with van der Waals surface area (Å²) in [6.45, 7) is 3.84. The minimum atomic E-state index is -0.368. The molecule has 0 fully saturated rings. The van der Waals surface area contributed by atoms with Crippen LogP contribution in [0.4, 0.5) is 0 Å². The first kappa shape index (κ1) is 18.3. The molecule has 1 N–H and O–H groups in total. The first-order valence-corrected chi connectivity index (χ1v) is 7.72. The van der Waals surface area contributed by atoms with Crippen molar-refractivity contribution in [3.8, 4) is 17.2 Å². The van der Waals surface area contributed by atoms with Crippen molar-refractivity contribution in [3.63, 3.8) is 0 Å². The number of carbonyl (C=O) groups is 1. The number of nitrogens with zero attached hydrogens (tertiary/aromatic N) is 1. The monoisotopic (exact) mass is 342 g/mol. The Labute approximate surface area is 147 Å². The molecule has 2 aromatic carbocycles. The number of aryl methyl sites for hydroxylation is 1. The molecule has 0 radical (unpaired) electrons. The molecule has 132 valence electrons. The fourth-order valence-electron chi connectivity index (χ4n) is 2.45. The van der Waals surface area contributed by atoms with Gasteiger partial charge >= 0.3 is 0 Å². The molecule has 0 aromatic heterocycles. The van der Waals surface area contributed by atoms with Gasteiger partial charge in [-0.15, -0.1) is 0 Å². The SMILES string of the molecule is COc1cc(C(=O)N/N=C(/C)c2ccccc2C)cc(OC)c1OC. The van der Waals surface area contributed by atoms with Crippen LogP contribution in [-0.2, 0) is 0 Å². The van der Waals surface area contributed by atoms with Crippen LogP contribution in [0.1, 0.15) is 28.4 Å². The van der Waals surface area contributed by atoms with Crippen molar-refractivity contribution in [2.75, 3.05) is 21.3 Å². The van der Waals surface area contributed by atoms with Crippen molar-refractivity contribution in [2.45, 2.75) is 13.8 Å². The Bertz CT molecular complexity index is 775. The number of nitrogens with one attached hydrogen (secondary N) is 1. The van der Waals surface area contributed by atoms with Gasteiger partial charge in [-0.3, -0.25) is 4.79 Å². The maximum absolute atomic E-state index is 12.4. The van der Waals surface area contributed by atoms with E-state index in [-0.39, 0.29) is 5.91 Å². The summed E-state index contributed by atoms with van der Waals surface area (Å²) in [4.78, 5) is 12.4. The minimum absolute atomic E-state index is 0.357. The van der Waals surface area contributed by atoms with E-state index in [4.69, 9.17) is 14.2 Å². The zero-order chi connectivity index (χ0) is 18.4. The summed E-state index contributed by atoms with van der Waals surface area (Å²) in [6.07, 6.45) is 0. The van der Waals surface area contributed by atoms with E-state index in [9.17, 15) is 4.79 Å². The van der Waals surface area contributed by atoms with Crippen LogP contribution in [0.3, 0.4) is 0 Å². The van der Waals surface area contributed by atoms with Crippen molar-refractivity contribution in [2.24, 2.45) is 5.10 Å². The highest BCUT2D eigenvalue weighted by Crippen LogP contribution is 2.38. The quantitative estimate of drug-likeness (QED) is 0.647. The van der Waals surface area contributed by atoms with Gasteiger partial charge in [0.15, 0.2) is 11.5 Å². The highest BCUT2D eigenvalue weighted by atomic mass is 16.5. The molecule has 0 saturated heterocycles. The molecule has 0 atom stereocenters. The third-order valence-electron chi connectivity index (χ3n) is 3.79. The molecule has 0 aliphatic carbocycles. The number of ether oxygens (including phenoxy) is 3. The van der Waals surface area contributed by atoms with E-state index in [1.54, 1.807) is 12.1 Å². The maximum atomic E-state index is 12.4. The molecule has 6 heteroatoms. The van der Waals surface area contributed by atoms with Crippen LogP contribution in [0.2, 0.25) is 0 Å². The molecule has 0 spiro atoms. The van der Waals surface area contributed by atoms with Gasteiger partial charge in [0.2, 0.25) is 5.75 Å². The first-order valence-electron chi connectivity index (χ1n) is 7.72. The normalized spacial score (nSPS) is 11.0. The van der Waals surface area contributed by atoms with Gasteiger partial charge in [-0.2, -0.15) is 5.10 Å². The van der Waals surface area contributed by atoms with E-state index >= 15 is 0 Å². The molecular formula is C19H22N2O4. The molecular weight excluding hydrogens is 320 g/mol. The number of hydrogen-bond acceptors (Lipinski definition) is 5. The van der Waals surface area contributed by atoms with Gasteiger partial charge in [-0.05, 0) is 31.5 Å². The number of hydrogen-bond donors (Lipinski definition) is 1. The number of benzene rings is 2. The van der Waals surface area contributed by atoms with Crippen molar-refractivity contribution >= 4 is 11.6 Å². The largest absolute Gasteiger partial charge is 0.493 e. The molecule has 2 aromatic rings. The Balaban J connectivity index is 2.26. The van der Waals surface area contributed by atoms with Crippen molar-refractivity contribution in [3.05, 3.63) is 53.1 Å². The fraction of sp³-hybridized carbons (Fsp3) is 0.263. The zero-order valence-corrected chi connectivity index (χ0v) is 15.0. The summed E-state index contributed by atoms with van der Waals surface area (Å²) < 4.78 is 15.8. The Morgan fingerprint density at radius 2 is 1.60 bits per heavy atom. The van der Waals surface area contributed by atoms with E-state index in [1.165, 1.54) is 21.3 Å². The number of methoxy groups -OCH3 is 3. The third kappa shape index (κ3) is 4.09. The van der Waals surface area contributed by atoms with Crippen LogP contribution >= 0.6 is 0 Å². The number of hydrazone groups is 1. The second kappa shape index (κ2) is 8.19. The van der Waals surface area contributed by atoms with Gasteiger partial charge < -0.3 is 14.2 Å². The smallest absolute Gasteiger partial charge is 0.271 e. The van der Waals surface area contributed by atoms with Crippen LogP contribution < -0.4 is 19.6 Å². The summed E-state index contributed by atoms with van der Waals surface area (Å²) in [5.74, 6) is 0.881. The molecule has 0 aliphatic heterocycles. The van der Waals surface area contributed by atoms with Gasteiger partial charge in [-0.1, -0.05) is 24.3 Å². The van der Waals surface area contributed by atoms with Crippen LogP contribution in [0.5, 0.6) is 17.2 Å². The lowest BCUT2D eigenvalue weighted by Gasteiger charge is -2.13. The Morgan fingerprint density at radius 3 is 2.12 bits per heavy atom. The van der Waals surface area contributed by atoms with Gasteiger partial charge in [-0.25, -0.2) is 5.43 Å². The summed E-state index contributed by atoms with van der Waals surface area (Å²) in [5, 5.41) is 4.19. The Kier molecular flexibility index (Phi) is 6.00. The van der Waals surface area contributed by atoms with E-state index in [2.05, 4.69) is 10.5 Å². The lowest BCUT2D eigenvalue weighted by molar-refractivity contribution is 0.0954. The average molecular weight is 342 g/mol. The van der Waals surface area contributed by atoms with Gasteiger partial charge in [0.25, 0.3) is 5.91 Å². The zero-order valence-electron chi connectivity index (χ0n) is 15.0. The molecule has 2 rings (SSSR count). The van der Waals surface area contributed by atoms with Crippen LogP contribution in [-0.4, -0.2) is 32.9 Å². The summed E-state index contributed by atoms with van der Waals surface area (Å²) in [5.41, 5.74) is 5.71. The number of amides is 1. The topological polar surface area (TPSA) is 69.2 Å². The van der Waals surface area contributed by atoms with Gasteiger partial charge in [0.05, 0.1) is 27.0 Å². The van der Waals surface area contributed by atoms with Crippen molar-refractivity contribution in [1.82, 2.24) is 5.43 Å². The molecule has 0 aliphatic rings. The molecule has 1 amide bonds. The average Bonchev–Trinajstić information content (AvgIpc) is 2.64. The van der Waals surface area contributed by atoms with Crippen molar-refractivity contribution < 1.29 is 19.0 Å². The summed E-state index contributed by atoms with van der Waals surface area (Å²) >= 11 is 0. The molecule has 0 saturated carbocycles. The van der Waals surface area contributed by atoms with E-state index in [0.717, 1.165) is 16.8 Å². The molecule has 0 heterocycles. The Hall–Kier alpha value is -3.02. The lowest BCUT2D eigenvalue weighted by Crippen LogP contribution is -2.19. The van der Waals surface area contributed by atoms with Crippen LogP contribution in [0.25, 0.3) is 0 Å². The second-order valence-electron chi connectivity index (χ2n) is 5.37. The van der Waals surface area contributed by atoms with E-state index in [1.807, 2.05) is 38.1 Å². The number of carbonyl (C=O) groups excluding carboxylic acids is 1. The minimum Gasteiger partial charge on any atom is -0.493 e. The molecule has 6 nitrogen and oxygen atoms in total. The van der Waals surface area contributed by atoms with Crippen LogP contribution in [0.15, 0.2) is 41.5 Å². The molecule has 25 heavy (non-hydrogen) atoms. The predicted molar refractivity (Wildman–Crippen MR) is 97.0 cm³/mol. The maximum Gasteiger partial charge on any atom is 0.271 e. The van der Waals surface area contributed by atoms with E-state index < -0.39 is 0 Å². The van der Waals surface area contributed by atoms with Crippen molar-refractivity contribution in [1.29, 1.82) is 0 Å². The highest BCUT2D eigenvalue weighted by Gasteiger charge is 2.16. The van der Waals surface area contributed by atoms with Gasteiger partial charge in [0, 0.05) is 11.1 Å². The lowest BCUT2D eigenvalue weighted by atomic mass is 10.1.